The van der Waals surface area contributed by atoms with E-state index in [9.17, 15) is 9.59 Å². The number of carboxylic acid groups (broad SMARTS) is 1. The van der Waals surface area contributed by atoms with E-state index < -0.39 is 5.97 Å². The molecule has 0 radical (unpaired) electrons. The van der Waals surface area contributed by atoms with Crippen molar-refractivity contribution in [2.24, 2.45) is 4.99 Å². The van der Waals surface area contributed by atoms with Crippen molar-refractivity contribution in [3.8, 4) is 0 Å². The Morgan fingerprint density at radius 3 is 2.45 bits per heavy atom. The van der Waals surface area contributed by atoms with Gasteiger partial charge >= 0.3 is 5.97 Å². The first-order valence-corrected chi connectivity index (χ1v) is 10.00. The van der Waals surface area contributed by atoms with E-state index in [-0.39, 0.29) is 12.3 Å². The fourth-order valence-electron chi connectivity index (χ4n) is 2.71. The molecule has 0 aliphatic heterocycles. The van der Waals surface area contributed by atoms with Gasteiger partial charge in [-0.25, -0.2) is 0 Å². The van der Waals surface area contributed by atoms with Crippen LogP contribution >= 0.6 is 11.6 Å². The molecule has 0 unspecified atom stereocenters. The van der Waals surface area contributed by atoms with Crippen molar-refractivity contribution in [2.75, 3.05) is 19.4 Å². The lowest BCUT2D eigenvalue weighted by Gasteiger charge is -2.15. The summed E-state index contributed by atoms with van der Waals surface area (Å²) in [4.78, 5) is 29.6. The summed E-state index contributed by atoms with van der Waals surface area (Å²) in [5, 5.41) is 12.5. The Morgan fingerprint density at radius 2 is 1.87 bits per heavy atom. The van der Waals surface area contributed by atoms with Gasteiger partial charge < -0.3 is 15.3 Å². The Labute approximate surface area is 187 Å². The molecule has 2 aromatic carbocycles. The number of allylic oxidation sites excluding steroid dienone is 2. The maximum Gasteiger partial charge on any atom is 0.307 e. The average Bonchev–Trinajstić information content (AvgIpc) is 2.71. The minimum atomic E-state index is -0.913. The molecule has 0 spiro atoms. The highest BCUT2D eigenvalue weighted by molar-refractivity contribution is 6.31. The molecule has 2 N–H and O–H groups in total. The van der Waals surface area contributed by atoms with Crippen LogP contribution < -0.4 is 5.32 Å². The zero-order valence-electron chi connectivity index (χ0n) is 17.9. The van der Waals surface area contributed by atoms with E-state index >= 15 is 0 Å². The summed E-state index contributed by atoms with van der Waals surface area (Å²) in [7, 11) is 3.71. The minimum absolute atomic E-state index is 0.109. The monoisotopic (exact) mass is 439 g/mol. The zero-order valence-corrected chi connectivity index (χ0v) is 18.6. The van der Waals surface area contributed by atoms with E-state index in [2.05, 4.69) is 16.9 Å². The van der Waals surface area contributed by atoms with E-state index in [0.717, 1.165) is 11.3 Å². The van der Waals surface area contributed by atoms with Crippen LogP contribution in [0.15, 0.2) is 77.1 Å². The van der Waals surface area contributed by atoms with Gasteiger partial charge in [-0.2, -0.15) is 0 Å². The lowest BCUT2D eigenvalue weighted by molar-refractivity contribution is -0.136. The molecular formula is C24H26ClN3O3. The number of nitrogens with one attached hydrogen (secondary N) is 1. The first-order valence-electron chi connectivity index (χ1n) is 9.62. The fourth-order valence-corrected chi connectivity index (χ4v) is 2.90. The third-order valence-electron chi connectivity index (χ3n) is 4.59. The highest BCUT2D eigenvalue weighted by Gasteiger charge is 2.09. The normalized spacial score (nSPS) is 11.7. The Hall–Kier alpha value is -3.38. The largest absolute Gasteiger partial charge is 0.481 e. The molecule has 6 nitrogen and oxygen atoms in total. The highest BCUT2D eigenvalue weighted by atomic mass is 35.5. The van der Waals surface area contributed by atoms with Crippen LogP contribution in [0, 0.1) is 0 Å². The van der Waals surface area contributed by atoms with Crippen molar-refractivity contribution in [1.82, 2.24) is 4.90 Å². The highest BCUT2D eigenvalue weighted by Crippen LogP contribution is 2.16. The van der Waals surface area contributed by atoms with Crippen molar-refractivity contribution in [1.29, 1.82) is 0 Å². The number of halogens is 1. The molecule has 0 aliphatic rings. The molecule has 1 amide bonds. The number of hydrogen-bond acceptors (Lipinski definition) is 4. The van der Waals surface area contributed by atoms with Crippen LogP contribution in [0.3, 0.4) is 0 Å². The number of hydrogen-bond donors (Lipinski definition) is 2. The lowest BCUT2D eigenvalue weighted by atomic mass is 10.1. The van der Waals surface area contributed by atoms with Crippen LogP contribution in [0.5, 0.6) is 0 Å². The van der Waals surface area contributed by atoms with Crippen LogP contribution in [0.4, 0.5) is 5.69 Å². The zero-order chi connectivity index (χ0) is 23.0. The first-order chi connectivity index (χ1) is 14.7. The summed E-state index contributed by atoms with van der Waals surface area (Å²) < 4.78 is 0. The number of carbonyl (C=O) groups excluding carboxylic acids is 1. The number of benzene rings is 2. The van der Waals surface area contributed by atoms with Crippen LogP contribution in [-0.4, -0.2) is 42.2 Å². The van der Waals surface area contributed by atoms with Gasteiger partial charge in [0.05, 0.1) is 6.42 Å². The minimum Gasteiger partial charge on any atom is -0.481 e. The van der Waals surface area contributed by atoms with Crippen LogP contribution in [0.1, 0.15) is 29.3 Å². The molecule has 0 atom stereocenters. The fraction of sp³-hybridized carbons (Fsp3) is 0.208. The number of carboxylic acids is 1. The van der Waals surface area contributed by atoms with Crippen LogP contribution in [-0.2, 0) is 11.2 Å². The molecule has 162 valence electrons. The summed E-state index contributed by atoms with van der Waals surface area (Å²) in [6.45, 7) is 5.81. The predicted molar refractivity (Wildman–Crippen MR) is 126 cm³/mol. The van der Waals surface area contributed by atoms with Crippen molar-refractivity contribution < 1.29 is 14.7 Å². The first kappa shape index (κ1) is 23.9. The van der Waals surface area contributed by atoms with Gasteiger partial charge in [-0.05, 0) is 42.8 Å². The van der Waals surface area contributed by atoms with E-state index in [1.54, 1.807) is 42.6 Å². The molecule has 0 saturated heterocycles. The van der Waals surface area contributed by atoms with Crippen molar-refractivity contribution in [2.45, 2.75) is 19.8 Å². The van der Waals surface area contributed by atoms with Crippen molar-refractivity contribution >= 4 is 35.4 Å². The van der Waals surface area contributed by atoms with E-state index in [0.29, 0.717) is 34.0 Å². The molecule has 0 saturated carbocycles. The van der Waals surface area contributed by atoms with Gasteiger partial charge in [-0.1, -0.05) is 36.4 Å². The number of nitrogens with zero attached hydrogens (tertiary/aromatic N) is 2. The second-order valence-corrected chi connectivity index (χ2v) is 7.67. The number of amides is 1. The van der Waals surface area contributed by atoms with Gasteiger partial charge in [0.1, 0.15) is 0 Å². The molecule has 7 heteroatoms. The topological polar surface area (TPSA) is 82.0 Å². The van der Waals surface area contributed by atoms with Gasteiger partial charge in [-0.15, -0.1) is 0 Å². The molecule has 0 fully saturated rings. The second-order valence-electron chi connectivity index (χ2n) is 7.24. The number of aliphatic imine (C=N–C) groups is 1. The Balaban J connectivity index is 2.01. The molecule has 2 rings (SSSR count). The molecule has 31 heavy (non-hydrogen) atoms. The summed E-state index contributed by atoms with van der Waals surface area (Å²) in [5.41, 5.74) is 4.17. The van der Waals surface area contributed by atoms with Crippen molar-refractivity contribution in [3.05, 3.63) is 88.2 Å². The van der Waals surface area contributed by atoms with E-state index in [4.69, 9.17) is 16.7 Å². The summed E-state index contributed by atoms with van der Waals surface area (Å²) in [6.07, 6.45) is 1.95. The van der Waals surface area contributed by atoms with Gasteiger partial charge in [0, 0.05) is 60.0 Å². The lowest BCUT2D eigenvalue weighted by Crippen LogP contribution is -2.13. The maximum atomic E-state index is 12.3. The molecule has 0 aliphatic carbocycles. The Kier molecular flexibility index (Phi) is 8.58. The van der Waals surface area contributed by atoms with Crippen LogP contribution in [0.25, 0.3) is 0 Å². The van der Waals surface area contributed by atoms with Crippen LogP contribution in [0.2, 0.25) is 5.02 Å². The average molecular weight is 440 g/mol. The molecule has 0 heterocycles. The quantitative estimate of drug-likeness (QED) is 0.537. The van der Waals surface area contributed by atoms with Gasteiger partial charge in [0.15, 0.2) is 0 Å². The Bertz CT molecular complexity index is 1020. The number of anilines is 1. The number of carbonyl (C=O) groups is 2. The summed E-state index contributed by atoms with van der Waals surface area (Å²) in [5.74, 6) is -1.15. The van der Waals surface area contributed by atoms with E-state index in [1.165, 1.54) is 0 Å². The molecule has 0 bridgehead atoms. The van der Waals surface area contributed by atoms with Crippen molar-refractivity contribution in [3.63, 3.8) is 0 Å². The van der Waals surface area contributed by atoms with E-state index in [1.807, 2.05) is 38.1 Å². The smallest absolute Gasteiger partial charge is 0.307 e. The standard InChI is InChI=1S/C24H26ClN3O3/c1-16(26-15-20(14-23(29)30)17(2)28(3)4)12-18-8-10-22(11-9-18)27-24(31)19-6-5-7-21(25)13-19/h5-11,13,15H,1,12,14H2,2-4H3,(H,27,31)(H,29,30)/b20-17+,26-15?. The summed E-state index contributed by atoms with van der Waals surface area (Å²) in [6, 6.07) is 14.1. The maximum absolute atomic E-state index is 12.3. The molecular weight excluding hydrogens is 414 g/mol. The number of rotatable bonds is 9. The predicted octanol–water partition coefficient (Wildman–Crippen LogP) is 5.03. The molecule has 2 aromatic rings. The summed E-state index contributed by atoms with van der Waals surface area (Å²) >= 11 is 5.93. The van der Waals surface area contributed by atoms with Gasteiger partial charge in [-0.3, -0.25) is 14.6 Å². The Morgan fingerprint density at radius 1 is 1.19 bits per heavy atom. The third kappa shape index (κ3) is 7.75. The SMILES string of the molecule is C=C(Cc1ccc(NC(=O)c2cccc(Cl)c2)cc1)N=C/C(CC(=O)O)=C(\C)N(C)C. The second kappa shape index (κ2) is 11.1. The molecule has 0 aromatic heterocycles. The number of aliphatic carboxylic acids is 1. The van der Waals surface area contributed by atoms with Gasteiger partial charge in [0.25, 0.3) is 5.91 Å². The third-order valence-corrected chi connectivity index (χ3v) is 4.82. The van der Waals surface area contributed by atoms with Gasteiger partial charge in [0.2, 0.25) is 0 Å².